The van der Waals surface area contributed by atoms with Crippen molar-refractivity contribution in [3.63, 3.8) is 0 Å². The molecule has 3 aromatic rings. The minimum Gasteiger partial charge on any atom is -0.457 e. The molecule has 0 N–H and O–H groups in total. The van der Waals surface area contributed by atoms with Gasteiger partial charge in [-0.3, -0.25) is 9.69 Å². The van der Waals surface area contributed by atoms with Gasteiger partial charge in [-0.2, -0.15) is 9.78 Å². The number of aryl methyl sites for hydroxylation is 1. The third-order valence-corrected chi connectivity index (χ3v) is 5.71. The first-order chi connectivity index (χ1) is 15.8. The Hall–Kier alpha value is -3.23. The Labute approximate surface area is 196 Å². The molecule has 0 spiro atoms. The minimum atomic E-state index is -0.374. The van der Waals surface area contributed by atoms with Crippen LogP contribution in [0, 0.1) is 12.7 Å². The molecule has 1 amide bonds. The Kier molecular flexibility index (Phi) is 6.76. The normalized spacial score (nSPS) is 14.4. The lowest BCUT2D eigenvalue weighted by Gasteiger charge is -2.34. The highest BCUT2D eigenvalue weighted by Crippen LogP contribution is 2.25. The predicted molar refractivity (Wildman–Crippen MR) is 123 cm³/mol. The number of nitrogens with zero attached hydrogens (tertiary/aromatic N) is 4. The number of ether oxygens (including phenoxy) is 1. The van der Waals surface area contributed by atoms with Crippen LogP contribution in [0.3, 0.4) is 0 Å². The molecule has 1 aliphatic rings. The highest BCUT2D eigenvalue weighted by atomic mass is 35.5. The average molecular weight is 471 g/mol. The van der Waals surface area contributed by atoms with E-state index in [4.69, 9.17) is 16.3 Å². The maximum Gasteiger partial charge on any atom is 0.344 e. The number of ketones is 1. The molecule has 2 aromatic carbocycles. The standard InChI is InChI=1S/C24H24ClFN4O3/c1-16-14-30(27-23(16)17(2)31)24(32)29-9-7-28(8-10-29)15-18-11-20(26)13-22(12-18)33-21-5-3-19(25)4-6-21/h3-6,11-14H,7-10,15H2,1-2H3. The summed E-state index contributed by atoms with van der Waals surface area (Å²) in [6.07, 6.45) is 1.58. The maximum atomic E-state index is 14.2. The van der Waals surface area contributed by atoms with Gasteiger partial charge < -0.3 is 9.64 Å². The van der Waals surface area contributed by atoms with E-state index in [-0.39, 0.29) is 17.6 Å². The van der Waals surface area contributed by atoms with Crippen LogP contribution in [-0.4, -0.2) is 57.6 Å². The lowest BCUT2D eigenvalue weighted by atomic mass is 10.1. The second kappa shape index (κ2) is 9.72. The fourth-order valence-corrected chi connectivity index (χ4v) is 3.94. The first-order valence-corrected chi connectivity index (χ1v) is 11.0. The van der Waals surface area contributed by atoms with Crippen LogP contribution in [0.4, 0.5) is 9.18 Å². The molecule has 7 nitrogen and oxygen atoms in total. The van der Waals surface area contributed by atoms with Crippen LogP contribution < -0.4 is 4.74 Å². The summed E-state index contributed by atoms with van der Waals surface area (Å²) in [4.78, 5) is 28.2. The second-order valence-electron chi connectivity index (χ2n) is 8.06. The number of piperazine rings is 1. The average Bonchev–Trinajstić information content (AvgIpc) is 3.17. The molecule has 172 valence electrons. The number of aromatic nitrogens is 2. The predicted octanol–water partition coefficient (Wildman–Crippen LogP) is 4.76. The number of amides is 1. The molecule has 9 heteroatoms. The number of halogens is 2. The van der Waals surface area contributed by atoms with Gasteiger partial charge in [0.2, 0.25) is 0 Å². The fourth-order valence-electron chi connectivity index (χ4n) is 3.82. The quantitative estimate of drug-likeness (QED) is 0.503. The number of hydrogen-bond acceptors (Lipinski definition) is 5. The summed E-state index contributed by atoms with van der Waals surface area (Å²) in [5.41, 5.74) is 1.77. The van der Waals surface area contributed by atoms with Gasteiger partial charge in [0.1, 0.15) is 23.0 Å². The first kappa shape index (κ1) is 22.9. The molecular formula is C24H24ClFN4O3. The smallest absolute Gasteiger partial charge is 0.344 e. The first-order valence-electron chi connectivity index (χ1n) is 10.6. The van der Waals surface area contributed by atoms with E-state index in [1.807, 2.05) is 6.07 Å². The summed E-state index contributed by atoms with van der Waals surface area (Å²) in [5, 5.41) is 4.73. The lowest BCUT2D eigenvalue weighted by molar-refractivity contribution is 0.101. The molecule has 0 saturated carbocycles. The topological polar surface area (TPSA) is 67.7 Å². The van der Waals surface area contributed by atoms with Gasteiger partial charge in [-0.25, -0.2) is 9.18 Å². The van der Waals surface area contributed by atoms with Crippen molar-refractivity contribution in [2.45, 2.75) is 20.4 Å². The number of rotatable bonds is 5. The zero-order valence-electron chi connectivity index (χ0n) is 18.4. The highest BCUT2D eigenvalue weighted by molar-refractivity contribution is 6.30. The molecule has 0 bridgehead atoms. The van der Waals surface area contributed by atoms with Gasteiger partial charge in [-0.05, 0) is 54.4 Å². The largest absolute Gasteiger partial charge is 0.457 e. The van der Waals surface area contributed by atoms with Crippen molar-refractivity contribution in [2.24, 2.45) is 0 Å². The summed E-state index contributed by atoms with van der Waals surface area (Å²) in [6, 6.07) is 11.3. The SMILES string of the molecule is CC(=O)c1nn(C(=O)N2CCN(Cc3cc(F)cc(Oc4ccc(Cl)cc4)c3)CC2)cc1C. The van der Waals surface area contributed by atoms with Crippen LogP contribution in [0.25, 0.3) is 0 Å². The van der Waals surface area contributed by atoms with Crippen molar-refractivity contribution >= 4 is 23.4 Å². The Morgan fingerprint density at radius 2 is 1.76 bits per heavy atom. The van der Waals surface area contributed by atoms with Crippen molar-refractivity contribution in [1.82, 2.24) is 19.6 Å². The van der Waals surface area contributed by atoms with Crippen LogP contribution >= 0.6 is 11.6 Å². The van der Waals surface area contributed by atoms with E-state index in [1.54, 1.807) is 42.3 Å². The minimum absolute atomic E-state index is 0.168. The van der Waals surface area contributed by atoms with Crippen molar-refractivity contribution in [3.05, 3.63) is 76.3 Å². The molecule has 4 rings (SSSR count). The van der Waals surface area contributed by atoms with E-state index in [2.05, 4.69) is 10.00 Å². The Balaban J connectivity index is 1.36. The van der Waals surface area contributed by atoms with Crippen LogP contribution in [0.15, 0.2) is 48.7 Å². The van der Waals surface area contributed by atoms with Gasteiger partial charge >= 0.3 is 6.03 Å². The summed E-state index contributed by atoms with van der Waals surface area (Å²) >= 11 is 5.89. The van der Waals surface area contributed by atoms with Crippen molar-refractivity contribution in [2.75, 3.05) is 26.2 Å². The van der Waals surface area contributed by atoms with Gasteiger partial charge in [0, 0.05) is 56.9 Å². The summed E-state index contributed by atoms with van der Waals surface area (Å²) in [6.45, 7) is 6.01. The molecule has 0 atom stereocenters. The molecule has 1 aromatic heterocycles. The summed E-state index contributed by atoms with van der Waals surface area (Å²) in [5.74, 6) is 0.445. The van der Waals surface area contributed by atoms with Crippen molar-refractivity contribution in [3.8, 4) is 11.5 Å². The third kappa shape index (κ3) is 5.58. The van der Waals surface area contributed by atoms with E-state index < -0.39 is 0 Å². The van der Waals surface area contributed by atoms with Crippen LogP contribution in [-0.2, 0) is 6.54 Å². The molecule has 0 unspecified atom stereocenters. The van der Waals surface area contributed by atoms with E-state index in [0.717, 1.165) is 5.56 Å². The summed E-state index contributed by atoms with van der Waals surface area (Å²) in [7, 11) is 0. The van der Waals surface area contributed by atoms with E-state index in [1.165, 1.54) is 23.7 Å². The number of benzene rings is 2. The number of hydrogen-bond donors (Lipinski definition) is 0. The zero-order valence-corrected chi connectivity index (χ0v) is 19.2. The fraction of sp³-hybridized carbons (Fsp3) is 0.292. The van der Waals surface area contributed by atoms with Crippen molar-refractivity contribution in [1.29, 1.82) is 0 Å². The number of Topliss-reactive ketones (excluding diaryl/α,β-unsaturated/α-hetero) is 1. The molecule has 1 fully saturated rings. The van der Waals surface area contributed by atoms with Gasteiger partial charge in [0.15, 0.2) is 5.78 Å². The molecule has 2 heterocycles. The highest BCUT2D eigenvalue weighted by Gasteiger charge is 2.24. The van der Waals surface area contributed by atoms with Gasteiger partial charge in [0.25, 0.3) is 0 Å². The van der Waals surface area contributed by atoms with Gasteiger partial charge in [-0.1, -0.05) is 11.6 Å². The van der Waals surface area contributed by atoms with Gasteiger partial charge in [-0.15, -0.1) is 0 Å². The number of carbonyl (C=O) groups is 2. The molecule has 1 saturated heterocycles. The summed E-state index contributed by atoms with van der Waals surface area (Å²) < 4.78 is 21.2. The van der Waals surface area contributed by atoms with Crippen molar-refractivity contribution < 1.29 is 18.7 Å². The zero-order chi connectivity index (χ0) is 23.5. The van der Waals surface area contributed by atoms with E-state index >= 15 is 0 Å². The Morgan fingerprint density at radius 1 is 1.06 bits per heavy atom. The molecule has 0 radical (unpaired) electrons. The molecule has 33 heavy (non-hydrogen) atoms. The third-order valence-electron chi connectivity index (χ3n) is 5.46. The molecule has 0 aliphatic carbocycles. The van der Waals surface area contributed by atoms with Crippen LogP contribution in [0.1, 0.15) is 28.5 Å². The Bertz CT molecular complexity index is 1170. The Morgan fingerprint density at radius 3 is 2.39 bits per heavy atom. The molecule has 1 aliphatic heterocycles. The lowest BCUT2D eigenvalue weighted by Crippen LogP contribution is -2.49. The molecular weight excluding hydrogens is 447 g/mol. The monoisotopic (exact) mass is 470 g/mol. The van der Waals surface area contributed by atoms with E-state index in [0.29, 0.717) is 60.5 Å². The number of carbonyl (C=O) groups excluding carboxylic acids is 2. The second-order valence-corrected chi connectivity index (χ2v) is 8.49. The maximum absolute atomic E-state index is 14.2. The van der Waals surface area contributed by atoms with Crippen LogP contribution in [0.5, 0.6) is 11.5 Å². The van der Waals surface area contributed by atoms with E-state index in [9.17, 15) is 14.0 Å². The van der Waals surface area contributed by atoms with Gasteiger partial charge in [0.05, 0.1) is 0 Å². The van der Waals surface area contributed by atoms with Crippen LogP contribution in [0.2, 0.25) is 5.02 Å².